The minimum Gasteiger partial charge on any atom is -0.479 e. The summed E-state index contributed by atoms with van der Waals surface area (Å²) in [6, 6.07) is 0. The lowest BCUT2D eigenvalue weighted by Crippen LogP contribution is -2.36. The number of nitrogens with one attached hydrogen (secondary N) is 1. The van der Waals surface area contributed by atoms with Crippen molar-refractivity contribution in [3.05, 3.63) is 12.4 Å². The van der Waals surface area contributed by atoms with Crippen LogP contribution in [-0.4, -0.2) is 32.7 Å². The van der Waals surface area contributed by atoms with Crippen molar-refractivity contribution in [1.29, 1.82) is 0 Å². The molecule has 20 heavy (non-hydrogen) atoms. The molecule has 1 atom stereocenters. The van der Waals surface area contributed by atoms with Gasteiger partial charge in [-0.2, -0.15) is 5.10 Å². The van der Waals surface area contributed by atoms with Gasteiger partial charge in [0.1, 0.15) is 5.41 Å². The van der Waals surface area contributed by atoms with Crippen LogP contribution in [0.4, 0.5) is 14.5 Å². The maximum Gasteiger partial charge on any atom is 0.331 e. The Balaban J connectivity index is 2.12. The molecule has 1 unspecified atom stereocenters. The number of carbonyl (C=O) groups is 2. The van der Waals surface area contributed by atoms with Crippen molar-refractivity contribution in [2.24, 2.45) is 5.41 Å². The van der Waals surface area contributed by atoms with Crippen molar-refractivity contribution in [3.8, 4) is 0 Å². The summed E-state index contributed by atoms with van der Waals surface area (Å²) in [6.07, 6.45) is 2.04. The monoisotopic (exact) mass is 287 g/mol. The van der Waals surface area contributed by atoms with Crippen molar-refractivity contribution >= 4 is 17.6 Å². The van der Waals surface area contributed by atoms with Crippen LogP contribution >= 0.6 is 0 Å². The van der Waals surface area contributed by atoms with Crippen LogP contribution in [0.3, 0.4) is 0 Å². The number of rotatable bonds is 4. The summed E-state index contributed by atoms with van der Waals surface area (Å²) in [5.74, 6) is -4.89. The number of aromatic nitrogens is 2. The molecule has 2 N–H and O–H groups in total. The molecule has 1 aromatic rings. The Hall–Kier alpha value is -1.99. The number of aliphatic carboxylic acids is 1. The minimum absolute atomic E-state index is 0.188. The smallest absolute Gasteiger partial charge is 0.331 e. The molecular weight excluding hydrogens is 272 g/mol. The highest BCUT2D eigenvalue weighted by molar-refractivity contribution is 5.98. The largest absolute Gasteiger partial charge is 0.479 e. The molecule has 1 amide bonds. The number of carbonyl (C=O) groups excluding carboxylic acids is 1. The van der Waals surface area contributed by atoms with E-state index in [0.29, 0.717) is 0 Å². The fourth-order valence-corrected chi connectivity index (χ4v) is 1.71. The van der Waals surface area contributed by atoms with Crippen molar-refractivity contribution < 1.29 is 23.5 Å². The number of hydrogen-bond acceptors (Lipinski definition) is 3. The number of carboxylic acids is 1. The first-order valence-corrected chi connectivity index (χ1v) is 5.98. The fraction of sp³-hybridized carbons (Fsp3) is 0.583. The van der Waals surface area contributed by atoms with Crippen molar-refractivity contribution in [1.82, 2.24) is 9.78 Å². The molecule has 0 bridgehead atoms. The second kappa shape index (κ2) is 4.00. The van der Waals surface area contributed by atoms with E-state index in [-0.39, 0.29) is 5.69 Å². The van der Waals surface area contributed by atoms with Gasteiger partial charge in [-0.1, -0.05) is 0 Å². The molecule has 1 saturated carbocycles. The molecule has 6 nitrogen and oxygen atoms in total. The van der Waals surface area contributed by atoms with Gasteiger partial charge in [-0.3, -0.25) is 9.48 Å². The molecule has 110 valence electrons. The Morgan fingerprint density at radius 3 is 2.50 bits per heavy atom. The number of amides is 1. The first kappa shape index (κ1) is 14.4. The standard InChI is InChI=1S/C12H15F2N3O3/c1-10(2,9(19)20)17-5-7(4-15-17)16-8(18)11(3)6-12(11,13)14/h4-5H,6H2,1-3H3,(H,16,18)(H,19,20). The van der Waals surface area contributed by atoms with Crippen LogP contribution in [0.1, 0.15) is 27.2 Å². The Bertz CT molecular complexity index is 582. The van der Waals surface area contributed by atoms with Crippen molar-refractivity contribution in [2.45, 2.75) is 38.7 Å². The van der Waals surface area contributed by atoms with Gasteiger partial charge < -0.3 is 10.4 Å². The zero-order valence-electron chi connectivity index (χ0n) is 11.3. The number of hydrogen-bond donors (Lipinski definition) is 2. The van der Waals surface area contributed by atoms with E-state index < -0.39 is 35.2 Å². The minimum atomic E-state index is -2.99. The van der Waals surface area contributed by atoms with E-state index in [9.17, 15) is 18.4 Å². The third kappa shape index (κ3) is 2.04. The van der Waals surface area contributed by atoms with E-state index in [4.69, 9.17) is 5.11 Å². The summed E-state index contributed by atoms with van der Waals surface area (Å²) in [4.78, 5) is 22.8. The molecule has 1 aromatic heterocycles. The predicted octanol–water partition coefficient (Wildman–Crippen LogP) is 1.69. The fourth-order valence-electron chi connectivity index (χ4n) is 1.71. The molecular formula is C12H15F2N3O3. The highest BCUT2D eigenvalue weighted by atomic mass is 19.3. The van der Waals surface area contributed by atoms with Gasteiger partial charge in [0.25, 0.3) is 5.92 Å². The van der Waals surface area contributed by atoms with Gasteiger partial charge in [0.05, 0.1) is 11.9 Å². The predicted molar refractivity (Wildman–Crippen MR) is 65.5 cm³/mol. The van der Waals surface area contributed by atoms with Crippen LogP contribution in [0.5, 0.6) is 0 Å². The van der Waals surface area contributed by atoms with Crippen LogP contribution in [-0.2, 0) is 15.1 Å². The average molecular weight is 287 g/mol. The van der Waals surface area contributed by atoms with Gasteiger partial charge in [-0.05, 0) is 20.8 Å². The Morgan fingerprint density at radius 2 is 2.05 bits per heavy atom. The van der Waals surface area contributed by atoms with E-state index in [1.54, 1.807) is 0 Å². The van der Waals surface area contributed by atoms with E-state index in [2.05, 4.69) is 10.4 Å². The lowest BCUT2D eigenvalue weighted by molar-refractivity contribution is -0.146. The highest BCUT2D eigenvalue weighted by Gasteiger charge is 2.72. The van der Waals surface area contributed by atoms with Crippen LogP contribution in [0.25, 0.3) is 0 Å². The molecule has 0 aliphatic heterocycles. The summed E-state index contributed by atoms with van der Waals surface area (Å²) < 4.78 is 27.3. The molecule has 2 rings (SSSR count). The maximum atomic E-state index is 13.1. The topological polar surface area (TPSA) is 84.2 Å². The molecule has 0 spiro atoms. The van der Waals surface area contributed by atoms with Gasteiger partial charge >= 0.3 is 5.97 Å². The lowest BCUT2D eigenvalue weighted by Gasteiger charge is -2.19. The van der Waals surface area contributed by atoms with Crippen LogP contribution in [0.15, 0.2) is 12.4 Å². The van der Waals surface area contributed by atoms with Crippen molar-refractivity contribution in [3.63, 3.8) is 0 Å². The summed E-state index contributed by atoms with van der Waals surface area (Å²) in [5.41, 5.74) is -2.80. The average Bonchev–Trinajstić information content (AvgIpc) is 2.70. The second-order valence-corrected chi connectivity index (χ2v) is 5.71. The molecule has 1 aliphatic carbocycles. The van der Waals surface area contributed by atoms with Gasteiger partial charge in [0, 0.05) is 12.6 Å². The molecule has 1 aliphatic rings. The van der Waals surface area contributed by atoms with Crippen molar-refractivity contribution in [2.75, 3.05) is 5.32 Å². The quantitative estimate of drug-likeness (QED) is 0.882. The van der Waals surface area contributed by atoms with E-state index in [0.717, 1.165) is 4.68 Å². The molecule has 1 heterocycles. The van der Waals surface area contributed by atoms with Gasteiger partial charge in [0.15, 0.2) is 5.54 Å². The van der Waals surface area contributed by atoms with Crippen LogP contribution < -0.4 is 5.32 Å². The highest BCUT2D eigenvalue weighted by Crippen LogP contribution is 2.60. The Labute approximate surface area is 113 Å². The first-order chi connectivity index (χ1) is 9.00. The number of anilines is 1. The summed E-state index contributed by atoms with van der Waals surface area (Å²) in [5, 5.41) is 15.2. The third-order valence-electron chi connectivity index (χ3n) is 3.70. The SMILES string of the molecule is CC(C)(C(=O)O)n1cc(NC(=O)C2(C)CC2(F)F)cn1. The Kier molecular flexibility index (Phi) is 2.88. The van der Waals surface area contributed by atoms with E-state index in [1.165, 1.54) is 33.2 Å². The number of carboxylic acid groups (broad SMARTS) is 1. The van der Waals surface area contributed by atoms with Gasteiger partial charge in [0.2, 0.25) is 5.91 Å². The number of halogens is 2. The van der Waals surface area contributed by atoms with E-state index >= 15 is 0 Å². The zero-order valence-corrected chi connectivity index (χ0v) is 11.3. The Morgan fingerprint density at radius 1 is 1.50 bits per heavy atom. The zero-order chi connectivity index (χ0) is 15.3. The van der Waals surface area contributed by atoms with E-state index in [1.807, 2.05) is 0 Å². The maximum absolute atomic E-state index is 13.1. The molecule has 0 aromatic carbocycles. The molecule has 1 fully saturated rings. The molecule has 8 heteroatoms. The first-order valence-electron chi connectivity index (χ1n) is 5.98. The van der Waals surface area contributed by atoms with Gasteiger partial charge in [-0.15, -0.1) is 0 Å². The van der Waals surface area contributed by atoms with Crippen LogP contribution in [0.2, 0.25) is 0 Å². The number of nitrogens with zero attached hydrogens (tertiary/aromatic N) is 2. The molecule has 0 radical (unpaired) electrons. The lowest BCUT2D eigenvalue weighted by atomic mass is 10.1. The van der Waals surface area contributed by atoms with Gasteiger partial charge in [-0.25, -0.2) is 13.6 Å². The summed E-state index contributed by atoms with van der Waals surface area (Å²) in [7, 11) is 0. The molecule has 0 saturated heterocycles. The second-order valence-electron chi connectivity index (χ2n) is 5.71. The van der Waals surface area contributed by atoms with Crippen LogP contribution in [0, 0.1) is 5.41 Å². The summed E-state index contributed by atoms with van der Waals surface area (Å²) in [6.45, 7) is 4.06. The third-order valence-corrected chi connectivity index (χ3v) is 3.70. The number of alkyl halides is 2. The normalized spacial score (nSPS) is 24.2. The summed E-state index contributed by atoms with van der Waals surface area (Å²) >= 11 is 0.